The smallest absolute Gasteiger partial charge is 0.337 e. The van der Waals surface area contributed by atoms with E-state index >= 15 is 0 Å². The molecule has 1 N–H and O–H groups in total. The minimum atomic E-state index is -3.68. The van der Waals surface area contributed by atoms with Crippen LogP contribution in [-0.4, -0.2) is 37.4 Å². The number of nitrogens with zero attached hydrogens (tertiary/aromatic N) is 1. The fourth-order valence-corrected chi connectivity index (χ4v) is 2.78. The Morgan fingerprint density at radius 2 is 2.17 bits per heavy atom. The van der Waals surface area contributed by atoms with Gasteiger partial charge in [-0.2, -0.15) is 4.31 Å². The number of carbonyl (C=O) groups is 1. The van der Waals surface area contributed by atoms with Crippen LogP contribution in [0.5, 0.6) is 0 Å². The number of benzene rings is 1. The molecule has 0 amide bonds. The number of carboxylic acids is 1. The third-order valence-electron chi connectivity index (χ3n) is 2.27. The number of rotatable bonds is 5. The first-order valence-corrected chi connectivity index (χ1v) is 6.72. The van der Waals surface area contributed by atoms with Crippen LogP contribution in [0.15, 0.2) is 35.7 Å². The second kappa shape index (κ2) is 5.51. The SMILES string of the molecule is C=CCN(C)S(=O)(=O)c1ccc(C(=O)O)c(Cl)c1. The third kappa shape index (κ3) is 2.90. The van der Waals surface area contributed by atoms with Gasteiger partial charge in [0, 0.05) is 13.6 Å². The molecule has 0 aliphatic rings. The van der Waals surface area contributed by atoms with Crippen molar-refractivity contribution < 1.29 is 18.3 Å². The maximum Gasteiger partial charge on any atom is 0.337 e. The summed E-state index contributed by atoms with van der Waals surface area (Å²) in [4.78, 5) is 10.7. The minimum absolute atomic E-state index is 0.0538. The van der Waals surface area contributed by atoms with Crippen molar-refractivity contribution >= 4 is 27.6 Å². The molecule has 18 heavy (non-hydrogen) atoms. The molecule has 5 nitrogen and oxygen atoms in total. The molecule has 0 fully saturated rings. The Labute approximate surface area is 110 Å². The highest BCUT2D eigenvalue weighted by atomic mass is 35.5. The molecule has 0 spiro atoms. The Kier molecular flexibility index (Phi) is 4.50. The number of carboxylic acid groups (broad SMARTS) is 1. The van der Waals surface area contributed by atoms with Gasteiger partial charge in [-0.3, -0.25) is 0 Å². The van der Waals surface area contributed by atoms with Crippen LogP contribution in [0, 0.1) is 0 Å². The molecule has 0 aromatic heterocycles. The number of likely N-dealkylation sites (N-methyl/N-ethyl adjacent to an activating group) is 1. The van der Waals surface area contributed by atoms with Gasteiger partial charge in [-0.1, -0.05) is 17.7 Å². The van der Waals surface area contributed by atoms with Crippen LogP contribution in [0.4, 0.5) is 0 Å². The summed E-state index contributed by atoms with van der Waals surface area (Å²) in [7, 11) is -2.28. The zero-order valence-electron chi connectivity index (χ0n) is 9.63. The molecule has 0 unspecified atom stereocenters. The molecule has 1 aromatic rings. The van der Waals surface area contributed by atoms with Gasteiger partial charge in [-0.05, 0) is 18.2 Å². The van der Waals surface area contributed by atoms with E-state index in [1.165, 1.54) is 25.3 Å². The average molecular weight is 290 g/mol. The molecule has 0 atom stereocenters. The predicted octanol–water partition coefficient (Wildman–Crippen LogP) is 1.84. The fraction of sp³-hybridized carbons (Fsp3) is 0.182. The first-order chi connectivity index (χ1) is 8.30. The summed E-state index contributed by atoms with van der Waals surface area (Å²) >= 11 is 5.73. The highest BCUT2D eigenvalue weighted by Crippen LogP contribution is 2.22. The van der Waals surface area contributed by atoms with Crippen LogP contribution >= 0.6 is 11.6 Å². The summed E-state index contributed by atoms with van der Waals surface area (Å²) in [5, 5.41) is 8.68. The summed E-state index contributed by atoms with van der Waals surface area (Å²) in [5.74, 6) is -1.21. The molecule has 0 saturated heterocycles. The summed E-state index contributed by atoms with van der Waals surface area (Å²) in [6.07, 6.45) is 1.45. The number of hydrogen-bond donors (Lipinski definition) is 1. The van der Waals surface area contributed by atoms with Gasteiger partial charge < -0.3 is 5.11 Å². The van der Waals surface area contributed by atoms with Gasteiger partial charge in [0.25, 0.3) is 0 Å². The van der Waals surface area contributed by atoms with Crippen LogP contribution in [0.1, 0.15) is 10.4 Å². The van der Waals surface area contributed by atoms with E-state index in [2.05, 4.69) is 6.58 Å². The minimum Gasteiger partial charge on any atom is -0.478 e. The Morgan fingerprint density at radius 1 is 1.56 bits per heavy atom. The lowest BCUT2D eigenvalue weighted by Gasteiger charge is -2.15. The van der Waals surface area contributed by atoms with Gasteiger partial charge in [-0.15, -0.1) is 6.58 Å². The highest BCUT2D eigenvalue weighted by Gasteiger charge is 2.21. The summed E-state index contributed by atoms with van der Waals surface area (Å²) < 4.78 is 25.1. The molecule has 0 radical (unpaired) electrons. The second-order valence-electron chi connectivity index (χ2n) is 3.52. The van der Waals surface area contributed by atoms with Crippen LogP contribution < -0.4 is 0 Å². The standard InChI is InChI=1S/C11H12ClNO4S/c1-3-6-13(2)18(16,17)8-4-5-9(11(14)15)10(12)7-8/h3-5,7H,1,6H2,2H3,(H,14,15). The van der Waals surface area contributed by atoms with Gasteiger partial charge in [-0.25, -0.2) is 13.2 Å². The molecular weight excluding hydrogens is 278 g/mol. The van der Waals surface area contributed by atoms with Gasteiger partial charge in [0.2, 0.25) is 10.0 Å². The lowest BCUT2D eigenvalue weighted by atomic mass is 10.2. The molecule has 0 aliphatic heterocycles. The van der Waals surface area contributed by atoms with E-state index in [0.29, 0.717) is 0 Å². The first-order valence-electron chi connectivity index (χ1n) is 4.90. The van der Waals surface area contributed by atoms with E-state index in [1.54, 1.807) is 0 Å². The molecule has 98 valence electrons. The van der Waals surface area contributed by atoms with Crippen molar-refractivity contribution in [2.45, 2.75) is 4.90 Å². The van der Waals surface area contributed by atoms with E-state index in [-0.39, 0.29) is 22.0 Å². The first kappa shape index (κ1) is 14.7. The third-order valence-corrected chi connectivity index (χ3v) is 4.40. The van der Waals surface area contributed by atoms with Crippen molar-refractivity contribution in [2.75, 3.05) is 13.6 Å². The maximum absolute atomic E-state index is 12.0. The molecule has 0 bridgehead atoms. The lowest BCUT2D eigenvalue weighted by molar-refractivity contribution is 0.0697. The van der Waals surface area contributed by atoms with Gasteiger partial charge in [0.15, 0.2) is 0 Å². The highest BCUT2D eigenvalue weighted by molar-refractivity contribution is 7.89. The van der Waals surface area contributed by atoms with Crippen LogP contribution in [0.2, 0.25) is 5.02 Å². The normalized spacial score (nSPS) is 11.5. The number of aromatic carboxylic acids is 1. The average Bonchev–Trinajstić information content (AvgIpc) is 2.28. The van der Waals surface area contributed by atoms with E-state index in [4.69, 9.17) is 16.7 Å². The van der Waals surface area contributed by atoms with Crippen LogP contribution in [0.25, 0.3) is 0 Å². The summed E-state index contributed by atoms with van der Waals surface area (Å²) in [6, 6.07) is 3.50. The number of sulfonamides is 1. The van der Waals surface area contributed by atoms with Crippen LogP contribution in [-0.2, 0) is 10.0 Å². The quantitative estimate of drug-likeness (QED) is 0.839. The van der Waals surface area contributed by atoms with Crippen molar-refractivity contribution in [3.63, 3.8) is 0 Å². The Morgan fingerprint density at radius 3 is 2.61 bits per heavy atom. The van der Waals surface area contributed by atoms with E-state index in [0.717, 1.165) is 10.4 Å². The van der Waals surface area contributed by atoms with Crippen molar-refractivity contribution in [3.8, 4) is 0 Å². The Bertz CT molecular complexity index is 583. The van der Waals surface area contributed by atoms with E-state index in [9.17, 15) is 13.2 Å². The molecule has 0 saturated carbocycles. The topological polar surface area (TPSA) is 74.7 Å². The Hall–Kier alpha value is -1.37. The second-order valence-corrected chi connectivity index (χ2v) is 5.97. The number of halogens is 1. The molecule has 0 heterocycles. The molecule has 7 heteroatoms. The van der Waals surface area contributed by atoms with E-state index in [1.807, 2.05) is 0 Å². The van der Waals surface area contributed by atoms with Crippen LogP contribution in [0.3, 0.4) is 0 Å². The van der Waals surface area contributed by atoms with Crippen molar-refractivity contribution in [3.05, 3.63) is 41.4 Å². The van der Waals surface area contributed by atoms with Gasteiger partial charge in [0.05, 0.1) is 15.5 Å². The monoisotopic (exact) mass is 289 g/mol. The predicted molar refractivity (Wildman–Crippen MR) is 68.4 cm³/mol. The summed E-state index contributed by atoms with van der Waals surface area (Å²) in [5.41, 5.74) is -0.137. The largest absolute Gasteiger partial charge is 0.478 e. The van der Waals surface area contributed by atoms with E-state index < -0.39 is 16.0 Å². The molecule has 1 aromatic carbocycles. The van der Waals surface area contributed by atoms with Crippen molar-refractivity contribution in [1.29, 1.82) is 0 Å². The van der Waals surface area contributed by atoms with Gasteiger partial charge >= 0.3 is 5.97 Å². The molecular formula is C11H12ClNO4S. The molecule has 0 aliphatic carbocycles. The van der Waals surface area contributed by atoms with Crippen molar-refractivity contribution in [1.82, 2.24) is 4.31 Å². The van der Waals surface area contributed by atoms with Gasteiger partial charge in [0.1, 0.15) is 0 Å². The lowest BCUT2D eigenvalue weighted by Crippen LogP contribution is -2.27. The van der Waals surface area contributed by atoms with Crippen molar-refractivity contribution in [2.24, 2.45) is 0 Å². The summed E-state index contributed by atoms with van der Waals surface area (Å²) in [6.45, 7) is 3.61. The fourth-order valence-electron chi connectivity index (χ4n) is 1.29. The zero-order chi connectivity index (χ0) is 13.9. The number of hydrogen-bond acceptors (Lipinski definition) is 3. The molecule has 1 rings (SSSR count). The zero-order valence-corrected chi connectivity index (χ0v) is 11.2. The Balaban J connectivity index is 3.23. The maximum atomic E-state index is 12.0.